The van der Waals surface area contributed by atoms with Crippen molar-refractivity contribution in [3.8, 4) is 0 Å². The largest absolute Gasteiger partial charge is 0.397 e. The lowest BCUT2D eigenvalue weighted by Gasteiger charge is -2.13. The second-order valence-electron chi connectivity index (χ2n) is 5.84. The summed E-state index contributed by atoms with van der Waals surface area (Å²) in [6.45, 7) is 3.76. The number of halogens is 3. The molecule has 5 nitrogen and oxygen atoms in total. The number of nitrogen functional groups attached to an aromatic ring is 1. The van der Waals surface area contributed by atoms with E-state index in [-0.39, 0.29) is 23.1 Å². The second-order valence-corrected chi connectivity index (χ2v) is 6.25. The van der Waals surface area contributed by atoms with Gasteiger partial charge in [0.15, 0.2) is 0 Å². The van der Waals surface area contributed by atoms with Gasteiger partial charge in [0.2, 0.25) is 0 Å². The Hall–Kier alpha value is -2.54. The van der Waals surface area contributed by atoms with Gasteiger partial charge in [0.25, 0.3) is 6.43 Å². The van der Waals surface area contributed by atoms with Gasteiger partial charge in [-0.3, -0.25) is 10.1 Å². The predicted octanol–water partition coefficient (Wildman–Crippen LogP) is 4.38. The number of alkyl halides is 2. The molecule has 2 heterocycles. The van der Waals surface area contributed by atoms with Gasteiger partial charge in [-0.1, -0.05) is 11.6 Å². The van der Waals surface area contributed by atoms with Crippen molar-refractivity contribution in [2.24, 2.45) is 4.99 Å². The van der Waals surface area contributed by atoms with Crippen molar-refractivity contribution in [2.75, 3.05) is 5.73 Å². The minimum atomic E-state index is -2.69. The monoisotopic (exact) mass is 363 g/mol. The Kier molecular flexibility index (Phi) is 4.67. The summed E-state index contributed by atoms with van der Waals surface area (Å²) in [6.07, 6.45) is -1.07. The molecule has 130 valence electrons. The van der Waals surface area contributed by atoms with Crippen molar-refractivity contribution < 1.29 is 8.78 Å². The van der Waals surface area contributed by atoms with E-state index in [1.165, 1.54) is 12.1 Å². The quantitative estimate of drug-likeness (QED) is 0.675. The molecule has 8 heteroatoms. The van der Waals surface area contributed by atoms with E-state index in [9.17, 15) is 8.78 Å². The average molecular weight is 364 g/mol. The van der Waals surface area contributed by atoms with E-state index in [0.29, 0.717) is 21.8 Å². The molecule has 0 atom stereocenters. The normalized spacial score (nSPS) is 12.5. The number of hydrogen-bond donors (Lipinski definition) is 2. The Balaban J connectivity index is 2.23. The van der Waals surface area contributed by atoms with Crippen molar-refractivity contribution in [3.05, 3.63) is 52.4 Å². The molecule has 3 rings (SSSR count). The molecule has 0 fully saturated rings. The maximum atomic E-state index is 13.1. The SMILES string of the molecule is CC(C)N=C(c1cc(Cl)c2[nH]ncc2c1)c1nc(C(F)F)ccc1N. The number of benzene rings is 1. The highest BCUT2D eigenvalue weighted by molar-refractivity contribution is 6.35. The lowest BCUT2D eigenvalue weighted by molar-refractivity contribution is 0.146. The van der Waals surface area contributed by atoms with Crippen LogP contribution in [0.15, 0.2) is 35.5 Å². The molecular weight excluding hydrogens is 348 g/mol. The lowest BCUT2D eigenvalue weighted by atomic mass is 10.0. The Morgan fingerprint density at radius 3 is 2.72 bits per heavy atom. The van der Waals surface area contributed by atoms with Crippen LogP contribution in [0.3, 0.4) is 0 Å². The number of fused-ring (bicyclic) bond motifs is 1. The van der Waals surface area contributed by atoms with E-state index >= 15 is 0 Å². The van der Waals surface area contributed by atoms with Gasteiger partial charge in [0, 0.05) is 17.0 Å². The van der Waals surface area contributed by atoms with Gasteiger partial charge in [-0.2, -0.15) is 5.10 Å². The number of pyridine rings is 1. The molecule has 0 radical (unpaired) electrons. The zero-order valence-electron chi connectivity index (χ0n) is 13.6. The summed E-state index contributed by atoms with van der Waals surface area (Å²) in [5.41, 5.74) is 7.87. The molecule has 2 aromatic heterocycles. The van der Waals surface area contributed by atoms with Gasteiger partial charge in [-0.15, -0.1) is 0 Å². The number of aliphatic imine (C=N–C) groups is 1. The van der Waals surface area contributed by atoms with E-state index in [4.69, 9.17) is 17.3 Å². The summed E-state index contributed by atoms with van der Waals surface area (Å²) >= 11 is 6.30. The maximum absolute atomic E-state index is 13.1. The van der Waals surface area contributed by atoms with Crippen LogP contribution in [0.5, 0.6) is 0 Å². The minimum Gasteiger partial charge on any atom is -0.397 e. The van der Waals surface area contributed by atoms with Crippen LogP contribution in [0.4, 0.5) is 14.5 Å². The number of aromatic nitrogens is 3. The molecule has 0 unspecified atom stereocenters. The highest BCUT2D eigenvalue weighted by Gasteiger charge is 2.18. The summed E-state index contributed by atoms with van der Waals surface area (Å²) in [5, 5.41) is 8.00. The molecule has 0 aliphatic heterocycles. The van der Waals surface area contributed by atoms with Gasteiger partial charge in [-0.25, -0.2) is 13.8 Å². The molecule has 3 N–H and O–H groups in total. The van der Waals surface area contributed by atoms with Crippen LogP contribution in [-0.2, 0) is 0 Å². The average Bonchev–Trinajstić information content (AvgIpc) is 3.02. The molecule has 0 saturated carbocycles. The van der Waals surface area contributed by atoms with Crippen LogP contribution >= 0.6 is 11.6 Å². The van der Waals surface area contributed by atoms with Crippen molar-refractivity contribution in [1.29, 1.82) is 0 Å². The first-order valence-electron chi connectivity index (χ1n) is 7.62. The maximum Gasteiger partial charge on any atom is 0.280 e. The van der Waals surface area contributed by atoms with Crippen LogP contribution in [0, 0.1) is 0 Å². The Labute approximate surface area is 147 Å². The van der Waals surface area contributed by atoms with E-state index in [2.05, 4.69) is 20.2 Å². The van der Waals surface area contributed by atoms with Gasteiger partial charge in [0.05, 0.1) is 28.1 Å². The Morgan fingerprint density at radius 2 is 2.04 bits per heavy atom. The number of nitrogens with one attached hydrogen (secondary N) is 1. The standard InChI is InChI=1S/C17H16ClF2N5/c1-8(2)23-15(16-12(21)3-4-13(24-16)17(19)20)9-5-10-7-22-25-14(10)11(18)6-9/h3-8,17H,21H2,1-2H3,(H,22,25). The zero-order chi connectivity index (χ0) is 18.1. The van der Waals surface area contributed by atoms with Crippen molar-refractivity contribution >= 4 is 33.9 Å². The molecule has 0 spiro atoms. The zero-order valence-corrected chi connectivity index (χ0v) is 14.4. The first kappa shape index (κ1) is 17.3. The van der Waals surface area contributed by atoms with Gasteiger partial charge in [0.1, 0.15) is 11.4 Å². The van der Waals surface area contributed by atoms with Crippen LogP contribution in [0.2, 0.25) is 5.02 Å². The van der Waals surface area contributed by atoms with Crippen LogP contribution in [-0.4, -0.2) is 26.9 Å². The number of aromatic amines is 1. The number of hydrogen-bond acceptors (Lipinski definition) is 4. The molecule has 0 aliphatic rings. The summed E-state index contributed by atoms with van der Waals surface area (Å²) in [4.78, 5) is 8.58. The summed E-state index contributed by atoms with van der Waals surface area (Å²) < 4.78 is 26.1. The van der Waals surface area contributed by atoms with Crippen LogP contribution < -0.4 is 5.73 Å². The van der Waals surface area contributed by atoms with E-state index in [1.807, 2.05) is 19.9 Å². The highest BCUT2D eigenvalue weighted by atomic mass is 35.5. The topological polar surface area (TPSA) is 80.0 Å². The number of nitrogens with two attached hydrogens (primary N) is 1. The smallest absolute Gasteiger partial charge is 0.280 e. The molecular formula is C17H16ClF2N5. The fourth-order valence-corrected chi connectivity index (χ4v) is 2.75. The number of nitrogens with zero attached hydrogens (tertiary/aromatic N) is 3. The summed E-state index contributed by atoms with van der Waals surface area (Å²) in [6, 6.07) is 6.05. The van der Waals surface area contributed by atoms with E-state index < -0.39 is 6.43 Å². The fraction of sp³-hybridized carbons (Fsp3) is 0.235. The fourth-order valence-electron chi connectivity index (χ4n) is 2.48. The predicted molar refractivity (Wildman–Crippen MR) is 95.5 cm³/mol. The number of H-pyrrole nitrogens is 1. The van der Waals surface area contributed by atoms with Crippen molar-refractivity contribution in [2.45, 2.75) is 26.3 Å². The Bertz CT molecular complexity index is 949. The van der Waals surface area contributed by atoms with Gasteiger partial charge < -0.3 is 5.73 Å². The van der Waals surface area contributed by atoms with Gasteiger partial charge >= 0.3 is 0 Å². The molecule has 0 bridgehead atoms. The third-order valence-electron chi connectivity index (χ3n) is 3.56. The second kappa shape index (κ2) is 6.76. The van der Waals surface area contributed by atoms with Gasteiger partial charge in [-0.05, 0) is 38.1 Å². The Morgan fingerprint density at radius 1 is 1.28 bits per heavy atom. The van der Waals surface area contributed by atoms with Crippen LogP contribution in [0.1, 0.15) is 37.2 Å². The molecule has 0 amide bonds. The van der Waals surface area contributed by atoms with E-state index in [1.54, 1.807) is 12.3 Å². The molecule has 25 heavy (non-hydrogen) atoms. The number of anilines is 1. The lowest BCUT2D eigenvalue weighted by Crippen LogP contribution is -2.13. The van der Waals surface area contributed by atoms with Crippen molar-refractivity contribution in [3.63, 3.8) is 0 Å². The third-order valence-corrected chi connectivity index (χ3v) is 3.86. The molecule has 1 aromatic carbocycles. The minimum absolute atomic E-state index is 0.0924. The van der Waals surface area contributed by atoms with Crippen LogP contribution in [0.25, 0.3) is 10.9 Å². The summed E-state index contributed by atoms with van der Waals surface area (Å²) in [7, 11) is 0. The van der Waals surface area contributed by atoms with Crippen molar-refractivity contribution in [1.82, 2.24) is 15.2 Å². The first-order chi connectivity index (χ1) is 11.9. The molecule has 3 aromatic rings. The third kappa shape index (κ3) is 3.46. The molecule has 0 aliphatic carbocycles. The first-order valence-corrected chi connectivity index (χ1v) is 8.00. The highest BCUT2D eigenvalue weighted by Crippen LogP contribution is 2.27. The van der Waals surface area contributed by atoms with E-state index in [0.717, 1.165) is 5.39 Å². The summed E-state index contributed by atoms with van der Waals surface area (Å²) in [5.74, 6) is 0. The molecule has 0 saturated heterocycles. The number of rotatable bonds is 4.